The van der Waals surface area contributed by atoms with Gasteiger partial charge in [-0.15, -0.1) is 0 Å². The molecule has 0 saturated carbocycles. The van der Waals surface area contributed by atoms with E-state index in [9.17, 15) is 19.5 Å². The van der Waals surface area contributed by atoms with Crippen LogP contribution in [0.4, 0.5) is 0 Å². The third kappa shape index (κ3) is 4.50. The zero-order valence-corrected chi connectivity index (χ0v) is 21.0. The molecule has 5 rings (SSSR count). The number of rotatable bonds is 6. The lowest BCUT2D eigenvalue weighted by atomic mass is 9.95. The largest absolute Gasteiger partial charge is 0.478 e. The number of fused-ring (bicyclic) bond motifs is 1. The number of carbonyl (C=O) groups is 2. The Bertz CT molecular complexity index is 1770. The Morgan fingerprint density at radius 3 is 2.61 bits per heavy atom. The molecule has 0 spiro atoms. The molecule has 192 valence electrons. The maximum Gasteiger partial charge on any atom is 0.338 e. The molecule has 0 saturated heterocycles. The highest BCUT2D eigenvalue weighted by Gasteiger charge is 2.33. The van der Waals surface area contributed by atoms with Gasteiger partial charge < -0.3 is 19.2 Å². The van der Waals surface area contributed by atoms with Crippen LogP contribution in [-0.2, 0) is 9.53 Å². The molecule has 9 heteroatoms. The first-order chi connectivity index (χ1) is 18.3. The molecule has 4 aromatic rings. The van der Waals surface area contributed by atoms with Crippen molar-refractivity contribution in [3.8, 4) is 11.3 Å². The number of carboxylic acid groups (broad SMARTS) is 1. The van der Waals surface area contributed by atoms with Crippen LogP contribution in [0.25, 0.3) is 17.4 Å². The van der Waals surface area contributed by atoms with Crippen molar-refractivity contribution in [2.75, 3.05) is 6.61 Å². The number of ether oxygens (including phenoxy) is 1. The van der Waals surface area contributed by atoms with E-state index < -0.39 is 18.0 Å². The number of hydrogen-bond donors (Lipinski definition) is 2. The van der Waals surface area contributed by atoms with Gasteiger partial charge in [0.15, 0.2) is 0 Å². The standard InChI is InChI=1S/C29H25N3O6/c1-4-37-28(36)24-17(3)30-29-31-22(26(33)32(29)25(24)18-10-8-16(2)9-11-18)15-21-12-13-23(38-21)19-6-5-7-20(14-19)27(34)35/h5-15,25H,4H2,1-3H3,(H,30,31)(H,34,35). The third-order valence-corrected chi connectivity index (χ3v) is 6.31. The summed E-state index contributed by atoms with van der Waals surface area (Å²) in [6.07, 6.45) is 1.55. The molecule has 0 fully saturated rings. The molecular weight excluding hydrogens is 486 g/mol. The third-order valence-electron chi connectivity index (χ3n) is 6.31. The van der Waals surface area contributed by atoms with E-state index in [1.54, 1.807) is 44.2 Å². The van der Waals surface area contributed by atoms with E-state index in [-0.39, 0.29) is 23.1 Å². The van der Waals surface area contributed by atoms with Crippen molar-refractivity contribution in [1.82, 2.24) is 9.55 Å². The second kappa shape index (κ2) is 9.85. The molecule has 2 N–H and O–H groups in total. The van der Waals surface area contributed by atoms with E-state index in [0.717, 1.165) is 11.1 Å². The zero-order valence-electron chi connectivity index (χ0n) is 21.0. The van der Waals surface area contributed by atoms with Gasteiger partial charge in [0.25, 0.3) is 5.56 Å². The van der Waals surface area contributed by atoms with Gasteiger partial charge in [0.05, 0.1) is 29.5 Å². The predicted molar refractivity (Wildman–Crippen MR) is 139 cm³/mol. The molecule has 9 nitrogen and oxygen atoms in total. The van der Waals surface area contributed by atoms with Gasteiger partial charge in [-0.3, -0.25) is 9.36 Å². The van der Waals surface area contributed by atoms with E-state index in [0.29, 0.717) is 34.0 Å². The minimum atomic E-state index is -1.03. The van der Waals surface area contributed by atoms with Gasteiger partial charge in [0.2, 0.25) is 5.62 Å². The van der Waals surface area contributed by atoms with Crippen molar-refractivity contribution in [1.29, 1.82) is 0 Å². The minimum Gasteiger partial charge on any atom is -0.478 e. The number of benzene rings is 2. The minimum absolute atomic E-state index is 0.142. The summed E-state index contributed by atoms with van der Waals surface area (Å²) in [6, 6.07) is 16.7. The molecule has 2 aromatic carbocycles. The molecule has 1 atom stereocenters. The molecule has 1 aliphatic heterocycles. The quantitative estimate of drug-likeness (QED) is 0.383. The van der Waals surface area contributed by atoms with Crippen LogP contribution in [0.1, 0.15) is 47.1 Å². The first kappa shape index (κ1) is 24.8. The number of carboxylic acids is 1. The smallest absolute Gasteiger partial charge is 0.338 e. The maximum atomic E-state index is 13.7. The van der Waals surface area contributed by atoms with Crippen LogP contribution in [0.3, 0.4) is 0 Å². The highest BCUT2D eigenvalue weighted by molar-refractivity contribution is 5.91. The number of aromatic amines is 1. The number of allylic oxidation sites excluding steroid dienone is 1. The van der Waals surface area contributed by atoms with Crippen molar-refractivity contribution in [3.05, 3.63) is 116 Å². The summed E-state index contributed by atoms with van der Waals surface area (Å²) in [5.41, 5.74) is 3.22. The topological polar surface area (TPSA) is 127 Å². The van der Waals surface area contributed by atoms with Crippen molar-refractivity contribution in [3.63, 3.8) is 0 Å². The maximum absolute atomic E-state index is 13.7. The Morgan fingerprint density at radius 1 is 1.13 bits per heavy atom. The Morgan fingerprint density at radius 2 is 1.89 bits per heavy atom. The Hall–Kier alpha value is -4.92. The van der Waals surface area contributed by atoms with Crippen molar-refractivity contribution in [2.45, 2.75) is 26.8 Å². The monoisotopic (exact) mass is 511 g/mol. The average Bonchev–Trinajstić information content (AvgIpc) is 3.48. The lowest BCUT2D eigenvalue weighted by Gasteiger charge is -2.24. The molecule has 0 bridgehead atoms. The highest BCUT2D eigenvalue weighted by Crippen LogP contribution is 2.30. The average molecular weight is 512 g/mol. The first-order valence-electron chi connectivity index (χ1n) is 12.1. The fraction of sp³-hybridized carbons (Fsp3) is 0.172. The normalized spacial score (nSPS) is 15.2. The lowest BCUT2D eigenvalue weighted by molar-refractivity contribution is -0.139. The van der Waals surface area contributed by atoms with Crippen molar-refractivity contribution < 1.29 is 23.8 Å². The van der Waals surface area contributed by atoms with Crippen LogP contribution in [0.5, 0.6) is 0 Å². The Kier molecular flexibility index (Phi) is 6.42. The van der Waals surface area contributed by atoms with Crippen LogP contribution in [0.15, 0.2) is 86.1 Å². The number of furan rings is 1. The van der Waals surface area contributed by atoms with Gasteiger partial charge in [0, 0.05) is 11.6 Å². The van der Waals surface area contributed by atoms with Crippen molar-refractivity contribution in [2.24, 2.45) is 4.99 Å². The Balaban J connectivity index is 1.61. The number of carbonyl (C=O) groups excluding carboxylic acids is 1. The number of nitrogens with one attached hydrogen (secondary N) is 1. The second-order valence-electron chi connectivity index (χ2n) is 8.91. The number of imidazole rings is 1. The summed E-state index contributed by atoms with van der Waals surface area (Å²) in [7, 11) is 0. The lowest BCUT2D eigenvalue weighted by Crippen LogP contribution is -2.40. The number of aromatic carboxylic acids is 1. The number of H-pyrrole nitrogens is 1. The first-order valence-corrected chi connectivity index (χ1v) is 12.1. The summed E-state index contributed by atoms with van der Waals surface area (Å²) in [6.45, 7) is 5.60. The van der Waals surface area contributed by atoms with Gasteiger partial charge in [-0.05, 0) is 50.6 Å². The molecule has 0 amide bonds. The molecule has 1 unspecified atom stereocenters. The molecule has 38 heavy (non-hydrogen) atoms. The zero-order chi connectivity index (χ0) is 27.0. The Labute approximate surface area is 217 Å². The van der Waals surface area contributed by atoms with E-state index in [2.05, 4.69) is 9.98 Å². The molecule has 0 aliphatic carbocycles. The summed E-state index contributed by atoms with van der Waals surface area (Å²) < 4.78 is 12.7. The number of aromatic nitrogens is 2. The number of nitrogens with zero attached hydrogens (tertiary/aromatic N) is 2. The number of esters is 1. The molecule has 0 radical (unpaired) electrons. The fourth-order valence-corrected chi connectivity index (χ4v) is 4.49. The van der Waals surface area contributed by atoms with Crippen LogP contribution in [-0.4, -0.2) is 33.2 Å². The van der Waals surface area contributed by atoms with Crippen LogP contribution in [0.2, 0.25) is 0 Å². The summed E-state index contributed by atoms with van der Waals surface area (Å²) in [5.74, 6) is -0.713. The van der Waals surface area contributed by atoms with E-state index >= 15 is 0 Å². The molecular formula is C29H25N3O6. The van der Waals surface area contributed by atoms with Gasteiger partial charge in [0.1, 0.15) is 16.9 Å². The van der Waals surface area contributed by atoms with Gasteiger partial charge in [-0.25, -0.2) is 14.6 Å². The molecule has 1 aliphatic rings. The van der Waals surface area contributed by atoms with E-state index in [1.807, 2.05) is 31.2 Å². The van der Waals surface area contributed by atoms with E-state index in [4.69, 9.17) is 9.15 Å². The van der Waals surface area contributed by atoms with Crippen molar-refractivity contribution >= 4 is 18.0 Å². The van der Waals surface area contributed by atoms with Gasteiger partial charge in [-0.1, -0.05) is 42.0 Å². The van der Waals surface area contributed by atoms with Gasteiger partial charge >= 0.3 is 11.9 Å². The molecule has 3 heterocycles. The van der Waals surface area contributed by atoms with Crippen LogP contribution in [0, 0.1) is 6.92 Å². The fourth-order valence-electron chi connectivity index (χ4n) is 4.49. The highest BCUT2D eigenvalue weighted by atomic mass is 16.5. The SMILES string of the molecule is CCOC(=O)C1=C(C)N=c2[nH]c(=Cc3ccc(-c4cccc(C(=O)O)c4)o3)c(=O)n2C1c1ccc(C)cc1. The van der Waals surface area contributed by atoms with Crippen LogP contribution < -0.4 is 16.5 Å². The molecule has 2 aromatic heterocycles. The van der Waals surface area contributed by atoms with E-state index in [1.165, 1.54) is 16.7 Å². The van der Waals surface area contributed by atoms with Gasteiger partial charge in [-0.2, -0.15) is 0 Å². The summed E-state index contributed by atoms with van der Waals surface area (Å²) in [5, 5.41) is 9.49. The summed E-state index contributed by atoms with van der Waals surface area (Å²) in [4.78, 5) is 45.5. The predicted octanol–water partition coefficient (Wildman–Crippen LogP) is 3.33. The number of aryl methyl sites for hydroxylation is 1. The number of hydrogen-bond acceptors (Lipinski definition) is 6. The van der Waals surface area contributed by atoms with Crippen LogP contribution >= 0.6 is 0 Å². The second-order valence-corrected chi connectivity index (χ2v) is 8.91. The summed E-state index contributed by atoms with van der Waals surface area (Å²) >= 11 is 0.